The zero-order chi connectivity index (χ0) is 10.7. The maximum Gasteiger partial charge on any atom is 0.212 e. The molecule has 3 heteroatoms. The molecule has 0 saturated heterocycles. The highest BCUT2D eigenvalue weighted by molar-refractivity contribution is 5.64. The maximum absolute atomic E-state index is 9.33. The van der Waals surface area contributed by atoms with Crippen LogP contribution >= 0.6 is 0 Å². The molecular formula is C12H11NO2. The van der Waals surface area contributed by atoms with Crippen LogP contribution in [0.4, 0.5) is 0 Å². The second-order valence-corrected chi connectivity index (χ2v) is 3.14. The van der Waals surface area contributed by atoms with Crippen molar-refractivity contribution in [1.82, 2.24) is 4.98 Å². The fourth-order valence-electron chi connectivity index (χ4n) is 1.36. The van der Waals surface area contributed by atoms with Gasteiger partial charge in [0.05, 0.1) is 7.11 Å². The van der Waals surface area contributed by atoms with Crippen LogP contribution in [0, 0.1) is 0 Å². The number of phenols is 1. The number of phenolic OH excluding ortho intramolecular Hbond substituents is 1. The number of pyridine rings is 1. The first kappa shape index (κ1) is 9.52. The van der Waals surface area contributed by atoms with Crippen molar-refractivity contribution in [2.75, 3.05) is 7.11 Å². The van der Waals surface area contributed by atoms with Crippen molar-refractivity contribution in [3.63, 3.8) is 0 Å². The van der Waals surface area contributed by atoms with E-state index in [2.05, 4.69) is 4.98 Å². The lowest BCUT2D eigenvalue weighted by Crippen LogP contribution is -1.86. The van der Waals surface area contributed by atoms with E-state index < -0.39 is 0 Å². The molecule has 0 aliphatic rings. The van der Waals surface area contributed by atoms with Gasteiger partial charge in [0.1, 0.15) is 5.75 Å². The van der Waals surface area contributed by atoms with E-state index >= 15 is 0 Å². The van der Waals surface area contributed by atoms with Crippen molar-refractivity contribution in [3.05, 3.63) is 42.6 Å². The summed E-state index contributed by atoms with van der Waals surface area (Å²) >= 11 is 0. The lowest BCUT2D eigenvalue weighted by molar-refractivity contribution is 0.398. The minimum Gasteiger partial charge on any atom is -0.508 e. The van der Waals surface area contributed by atoms with Gasteiger partial charge in [-0.25, -0.2) is 4.98 Å². The molecule has 15 heavy (non-hydrogen) atoms. The molecule has 0 unspecified atom stereocenters. The molecule has 0 atom stereocenters. The van der Waals surface area contributed by atoms with E-state index in [4.69, 9.17) is 4.74 Å². The molecule has 0 fully saturated rings. The van der Waals surface area contributed by atoms with Crippen molar-refractivity contribution in [1.29, 1.82) is 0 Å². The summed E-state index contributed by atoms with van der Waals surface area (Å²) in [4.78, 5) is 4.10. The number of hydrogen-bond donors (Lipinski definition) is 1. The minimum atomic E-state index is 0.253. The highest BCUT2D eigenvalue weighted by Crippen LogP contribution is 2.23. The average Bonchev–Trinajstić information content (AvgIpc) is 2.29. The van der Waals surface area contributed by atoms with Gasteiger partial charge >= 0.3 is 0 Å². The summed E-state index contributed by atoms with van der Waals surface area (Å²) in [5, 5.41) is 9.33. The Balaban J connectivity index is 2.37. The van der Waals surface area contributed by atoms with Crippen LogP contribution in [0.15, 0.2) is 42.6 Å². The second-order valence-electron chi connectivity index (χ2n) is 3.14. The molecule has 0 radical (unpaired) electrons. The molecule has 0 aliphatic heterocycles. The molecule has 1 N–H and O–H groups in total. The quantitative estimate of drug-likeness (QED) is 0.811. The zero-order valence-corrected chi connectivity index (χ0v) is 8.34. The Morgan fingerprint density at radius 1 is 1.13 bits per heavy atom. The number of hydrogen-bond acceptors (Lipinski definition) is 3. The SMILES string of the molecule is COc1ccc(-c2cccc(O)c2)cn1. The third-order valence-corrected chi connectivity index (χ3v) is 2.12. The molecule has 2 rings (SSSR count). The fourth-order valence-corrected chi connectivity index (χ4v) is 1.36. The molecule has 1 heterocycles. The normalized spacial score (nSPS) is 9.93. The molecule has 1 aromatic heterocycles. The number of aromatic hydroxyl groups is 1. The Morgan fingerprint density at radius 3 is 2.60 bits per heavy atom. The van der Waals surface area contributed by atoms with Crippen molar-refractivity contribution >= 4 is 0 Å². The van der Waals surface area contributed by atoms with Gasteiger partial charge in [-0.05, 0) is 23.8 Å². The largest absolute Gasteiger partial charge is 0.508 e. The Bertz CT molecular complexity index is 451. The predicted octanol–water partition coefficient (Wildman–Crippen LogP) is 2.46. The van der Waals surface area contributed by atoms with Crippen LogP contribution in [0.1, 0.15) is 0 Å². The Morgan fingerprint density at radius 2 is 2.00 bits per heavy atom. The standard InChI is InChI=1S/C12H11NO2/c1-15-12-6-5-10(8-13-12)9-3-2-4-11(14)7-9/h2-8,14H,1H3. The topological polar surface area (TPSA) is 42.4 Å². The van der Waals surface area contributed by atoms with Gasteiger partial charge in [-0.1, -0.05) is 12.1 Å². The number of rotatable bonds is 2. The lowest BCUT2D eigenvalue weighted by atomic mass is 10.1. The maximum atomic E-state index is 9.33. The van der Waals surface area contributed by atoms with Crippen LogP contribution in [0.2, 0.25) is 0 Å². The lowest BCUT2D eigenvalue weighted by Gasteiger charge is -2.03. The Hall–Kier alpha value is -2.03. The van der Waals surface area contributed by atoms with Crippen molar-refractivity contribution in [2.45, 2.75) is 0 Å². The van der Waals surface area contributed by atoms with E-state index in [9.17, 15) is 5.11 Å². The van der Waals surface area contributed by atoms with Crippen molar-refractivity contribution in [2.24, 2.45) is 0 Å². The van der Waals surface area contributed by atoms with E-state index in [-0.39, 0.29) is 5.75 Å². The van der Waals surface area contributed by atoms with Gasteiger partial charge in [0.15, 0.2) is 0 Å². The first-order chi connectivity index (χ1) is 7.29. The van der Waals surface area contributed by atoms with Crippen molar-refractivity contribution in [3.8, 4) is 22.8 Å². The van der Waals surface area contributed by atoms with Crippen LogP contribution in [0.5, 0.6) is 11.6 Å². The van der Waals surface area contributed by atoms with Gasteiger partial charge in [-0.2, -0.15) is 0 Å². The highest BCUT2D eigenvalue weighted by atomic mass is 16.5. The second kappa shape index (κ2) is 4.00. The van der Waals surface area contributed by atoms with Crippen molar-refractivity contribution < 1.29 is 9.84 Å². The van der Waals surface area contributed by atoms with Crippen LogP contribution in [-0.2, 0) is 0 Å². The average molecular weight is 201 g/mol. The summed E-state index contributed by atoms with van der Waals surface area (Å²) in [6, 6.07) is 10.8. The molecule has 0 bridgehead atoms. The molecule has 0 amide bonds. The third kappa shape index (κ3) is 2.07. The van der Waals surface area contributed by atoms with E-state index in [0.717, 1.165) is 11.1 Å². The van der Waals surface area contributed by atoms with Crippen LogP contribution in [0.3, 0.4) is 0 Å². The van der Waals surface area contributed by atoms with Crippen LogP contribution in [0.25, 0.3) is 11.1 Å². The van der Waals surface area contributed by atoms with Gasteiger partial charge in [-0.15, -0.1) is 0 Å². The smallest absolute Gasteiger partial charge is 0.212 e. The Labute approximate surface area is 88.0 Å². The van der Waals surface area contributed by atoms with Gasteiger partial charge in [-0.3, -0.25) is 0 Å². The Kier molecular flexibility index (Phi) is 2.54. The summed E-state index contributed by atoms with van der Waals surface area (Å²) < 4.78 is 4.97. The molecule has 1 aromatic carbocycles. The summed E-state index contributed by atoms with van der Waals surface area (Å²) in [6.45, 7) is 0. The molecule has 0 saturated carbocycles. The molecule has 3 nitrogen and oxygen atoms in total. The number of benzene rings is 1. The van der Waals surface area contributed by atoms with E-state index in [0.29, 0.717) is 5.88 Å². The molecular weight excluding hydrogens is 190 g/mol. The first-order valence-corrected chi connectivity index (χ1v) is 4.59. The molecule has 0 aliphatic carbocycles. The van der Waals surface area contributed by atoms with E-state index in [1.807, 2.05) is 12.1 Å². The van der Waals surface area contributed by atoms with Gasteiger partial charge in [0.2, 0.25) is 5.88 Å². The highest BCUT2D eigenvalue weighted by Gasteiger charge is 1.99. The minimum absolute atomic E-state index is 0.253. The first-order valence-electron chi connectivity index (χ1n) is 4.59. The van der Waals surface area contributed by atoms with Crippen LogP contribution in [-0.4, -0.2) is 17.2 Å². The molecule has 2 aromatic rings. The number of methoxy groups -OCH3 is 1. The summed E-state index contributed by atoms with van der Waals surface area (Å²) in [7, 11) is 1.58. The van der Waals surface area contributed by atoms with Gasteiger partial charge < -0.3 is 9.84 Å². The number of aromatic nitrogens is 1. The number of ether oxygens (including phenoxy) is 1. The monoisotopic (exact) mass is 201 g/mol. The van der Waals surface area contributed by atoms with E-state index in [1.165, 1.54) is 0 Å². The van der Waals surface area contributed by atoms with Gasteiger partial charge in [0, 0.05) is 17.8 Å². The summed E-state index contributed by atoms with van der Waals surface area (Å²) in [6.07, 6.45) is 1.72. The van der Waals surface area contributed by atoms with E-state index in [1.54, 1.807) is 37.6 Å². The van der Waals surface area contributed by atoms with Gasteiger partial charge in [0.25, 0.3) is 0 Å². The molecule has 0 spiro atoms. The predicted molar refractivity (Wildman–Crippen MR) is 57.9 cm³/mol. The third-order valence-electron chi connectivity index (χ3n) is 2.12. The summed E-state index contributed by atoms with van der Waals surface area (Å²) in [5.74, 6) is 0.835. The van der Waals surface area contributed by atoms with Crippen LogP contribution < -0.4 is 4.74 Å². The summed E-state index contributed by atoms with van der Waals surface area (Å²) in [5.41, 5.74) is 1.89. The fraction of sp³-hybridized carbons (Fsp3) is 0.0833. The zero-order valence-electron chi connectivity index (χ0n) is 8.34. The number of nitrogens with zero attached hydrogens (tertiary/aromatic N) is 1. The molecule has 76 valence electrons.